The summed E-state index contributed by atoms with van der Waals surface area (Å²) in [6, 6.07) is 19.6. The van der Waals surface area contributed by atoms with Gasteiger partial charge in [0.1, 0.15) is 0 Å². The molecule has 29 heavy (non-hydrogen) atoms. The minimum absolute atomic E-state index is 0.0536. The van der Waals surface area contributed by atoms with Gasteiger partial charge in [-0.15, -0.1) is 0 Å². The van der Waals surface area contributed by atoms with Gasteiger partial charge in [0.25, 0.3) is 0 Å². The van der Waals surface area contributed by atoms with Gasteiger partial charge in [0.05, 0.1) is 20.9 Å². The Morgan fingerprint density at radius 1 is 0.759 bits per heavy atom. The van der Waals surface area contributed by atoms with Crippen molar-refractivity contribution in [3.05, 3.63) is 90.6 Å². The highest BCUT2D eigenvalue weighted by molar-refractivity contribution is 7.91. The van der Waals surface area contributed by atoms with E-state index in [2.05, 4.69) is 4.98 Å². The van der Waals surface area contributed by atoms with Crippen molar-refractivity contribution in [3.8, 4) is 11.1 Å². The lowest BCUT2D eigenvalue weighted by Gasteiger charge is -2.14. The molecule has 0 aliphatic heterocycles. The minimum Gasteiger partial charge on any atom is -0.255 e. The highest BCUT2D eigenvalue weighted by Crippen LogP contribution is 2.37. The van der Waals surface area contributed by atoms with E-state index in [9.17, 15) is 21.6 Å². The molecule has 0 fully saturated rings. The van der Waals surface area contributed by atoms with E-state index in [4.69, 9.17) is 0 Å². The fraction of sp³-hybridized carbons (Fsp3) is 0.0455. The predicted molar refractivity (Wildman–Crippen MR) is 104 cm³/mol. The highest BCUT2D eigenvalue weighted by atomic mass is 32.2. The maximum atomic E-state index is 13.3. The van der Waals surface area contributed by atoms with Gasteiger partial charge in [-0.3, -0.25) is 4.98 Å². The van der Waals surface area contributed by atoms with Gasteiger partial charge in [0.2, 0.25) is 9.84 Å². The molecule has 3 aromatic carbocycles. The van der Waals surface area contributed by atoms with Crippen LogP contribution >= 0.6 is 0 Å². The molecule has 7 heteroatoms. The van der Waals surface area contributed by atoms with E-state index >= 15 is 0 Å². The number of halogens is 3. The molecule has 0 aliphatic rings. The normalized spacial score (nSPS) is 12.2. The van der Waals surface area contributed by atoms with Gasteiger partial charge in [-0.1, -0.05) is 48.5 Å². The van der Waals surface area contributed by atoms with Gasteiger partial charge in [-0.25, -0.2) is 8.42 Å². The molecule has 4 rings (SSSR count). The number of pyridine rings is 1. The van der Waals surface area contributed by atoms with Crippen LogP contribution in [-0.4, -0.2) is 13.4 Å². The second kappa shape index (κ2) is 7.00. The number of hydrogen-bond acceptors (Lipinski definition) is 3. The monoisotopic (exact) mass is 413 g/mol. The first-order chi connectivity index (χ1) is 13.8. The number of hydrogen-bond donors (Lipinski definition) is 0. The molecule has 0 unspecified atom stereocenters. The summed E-state index contributed by atoms with van der Waals surface area (Å²) in [6.45, 7) is 0. The van der Waals surface area contributed by atoms with Gasteiger partial charge in [-0.2, -0.15) is 13.2 Å². The standard InChI is InChI=1S/C22H14F3NO2S/c23-22(24,25)16-10-12-17(13-11-16)29(27,28)20-14-26-19-9-5-4-8-18(19)21(20)15-6-2-1-3-7-15/h1-14H. The van der Waals surface area contributed by atoms with Gasteiger partial charge >= 0.3 is 6.18 Å². The van der Waals surface area contributed by atoms with Crippen molar-refractivity contribution in [1.82, 2.24) is 4.98 Å². The van der Waals surface area contributed by atoms with Crippen LogP contribution in [0.15, 0.2) is 94.9 Å². The highest BCUT2D eigenvalue weighted by Gasteiger charge is 2.31. The molecule has 146 valence electrons. The SMILES string of the molecule is O=S(=O)(c1ccc(C(F)(F)F)cc1)c1cnc2ccccc2c1-c1ccccc1. The van der Waals surface area contributed by atoms with Crippen molar-refractivity contribution < 1.29 is 21.6 Å². The summed E-state index contributed by atoms with van der Waals surface area (Å²) in [5.41, 5.74) is 0.863. The fourth-order valence-electron chi connectivity index (χ4n) is 3.18. The van der Waals surface area contributed by atoms with Crippen LogP contribution in [0, 0.1) is 0 Å². The number of rotatable bonds is 3. The Labute approximate surface area is 165 Å². The maximum absolute atomic E-state index is 13.3. The van der Waals surface area contributed by atoms with Crippen molar-refractivity contribution in [2.45, 2.75) is 16.0 Å². The molecule has 0 saturated carbocycles. The van der Waals surface area contributed by atoms with Crippen LogP contribution in [-0.2, 0) is 16.0 Å². The van der Waals surface area contributed by atoms with E-state index in [1.165, 1.54) is 6.20 Å². The summed E-state index contributed by atoms with van der Waals surface area (Å²) in [5.74, 6) is 0. The molecular formula is C22H14F3NO2S. The third kappa shape index (κ3) is 3.49. The average molecular weight is 413 g/mol. The molecule has 0 radical (unpaired) electrons. The van der Waals surface area contributed by atoms with Gasteiger partial charge in [0.15, 0.2) is 0 Å². The zero-order valence-electron chi connectivity index (χ0n) is 14.9. The third-order valence-corrected chi connectivity index (χ3v) is 6.37. The number of aromatic nitrogens is 1. The van der Waals surface area contributed by atoms with Crippen molar-refractivity contribution in [1.29, 1.82) is 0 Å². The van der Waals surface area contributed by atoms with Crippen molar-refractivity contribution in [2.75, 3.05) is 0 Å². The van der Waals surface area contributed by atoms with E-state index in [1.807, 2.05) is 6.07 Å². The number of sulfone groups is 1. The van der Waals surface area contributed by atoms with E-state index < -0.39 is 21.6 Å². The Bertz CT molecular complexity index is 1280. The lowest BCUT2D eigenvalue weighted by Crippen LogP contribution is -2.08. The molecule has 1 aromatic heterocycles. The van der Waals surface area contributed by atoms with Gasteiger partial charge in [-0.05, 0) is 35.9 Å². The Kier molecular flexibility index (Phi) is 4.62. The molecule has 0 N–H and O–H groups in total. The number of nitrogens with zero attached hydrogens (tertiary/aromatic N) is 1. The zero-order valence-corrected chi connectivity index (χ0v) is 15.7. The Balaban J connectivity index is 1.96. The van der Waals surface area contributed by atoms with Crippen LogP contribution < -0.4 is 0 Å². The molecule has 4 aromatic rings. The van der Waals surface area contributed by atoms with Crippen LogP contribution in [0.1, 0.15) is 5.56 Å². The fourth-order valence-corrected chi connectivity index (χ4v) is 4.62. The second-order valence-corrected chi connectivity index (χ2v) is 8.32. The van der Waals surface area contributed by atoms with Gasteiger partial charge < -0.3 is 0 Å². The van der Waals surface area contributed by atoms with Crippen LogP contribution in [0.2, 0.25) is 0 Å². The number of benzene rings is 3. The first-order valence-corrected chi connectivity index (χ1v) is 10.1. The summed E-state index contributed by atoms with van der Waals surface area (Å²) in [5, 5.41) is 0.645. The quantitative estimate of drug-likeness (QED) is 0.429. The average Bonchev–Trinajstić information content (AvgIpc) is 2.73. The molecule has 0 atom stereocenters. The largest absolute Gasteiger partial charge is 0.416 e. The smallest absolute Gasteiger partial charge is 0.255 e. The first kappa shape index (κ1) is 19.1. The molecule has 0 bridgehead atoms. The summed E-state index contributed by atoms with van der Waals surface area (Å²) >= 11 is 0. The Morgan fingerprint density at radius 2 is 1.38 bits per heavy atom. The van der Waals surface area contributed by atoms with Crippen molar-refractivity contribution in [3.63, 3.8) is 0 Å². The molecule has 0 aliphatic carbocycles. The molecule has 0 spiro atoms. The minimum atomic E-state index is -4.54. The molecular weight excluding hydrogens is 399 g/mol. The summed E-state index contributed by atoms with van der Waals surface area (Å²) in [6.07, 6.45) is -3.28. The van der Waals surface area contributed by atoms with Crippen molar-refractivity contribution in [2.24, 2.45) is 0 Å². The number of para-hydroxylation sites is 1. The van der Waals surface area contributed by atoms with Crippen LogP contribution in [0.3, 0.4) is 0 Å². The number of fused-ring (bicyclic) bond motifs is 1. The summed E-state index contributed by atoms with van der Waals surface area (Å²) < 4.78 is 65.1. The zero-order chi connectivity index (χ0) is 20.6. The Morgan fingerprint density at radius 3 is 2.03 bits per heavy atom. The lowest BCUT2D eigenvalue weighted by molar-refractivity contribution is -0.137. The van der Waals surface area contributed by atoms with E-state index in [0.29, 0.717) is 22.0 Å². The maximum Gasteiger partial charge on any atom is 0.416 e. The van der Waals surface area contributed by atoms with Crippen LogP contribution in [0.25, 0.3) is 22.0 Å². The van der Waals surface area contributed by atoms with Gasteiger partial charge in [0, 0.05) is 17.1 Å². The van der Waals surface area contributed by atoms with E-state index in [-0.39, 0.29) is 9.79 Å². The predicted octanol–water partition coefficient (Wildman–Crippen LogP) is 5.75. The van der Waals surface area contributed by atoms with E-state index in [1.54, 1.807) is 48.5 Å². The molecule has 0 amide bonds. The number of alkyl halides is 3. The molecule has 3 nitrogen and oxygen atoms in total. The molecule has 0 saturated heterocycles. The Hall–Kier alpha value is -3.19. The van der Waals surface area contributed by atoms with Crippen molar-refractivity contribution >= 4 is 20.7 Å². The van der Waals surface area contributed by atoms with Crippen LogP contribution in [0.4, 0.5) is 13.2 Å². The molecule has 1 heterocycles. The summed E-state index contributed by atoms with van der Waals surface area (Å²) in [7, 11) is -4.10. The van der Waals surface area contributed by atoms with E-state index in [0.717, 1.165) is 24.3 Å². The third-order valence-electron chi connectivity index (χ3n) is 4.58. The topological polar surface area (TPSA) is 47.0 Å². The summed E-state index contributed by atoms with van der Waals surface area (Å²) in [4.78, 5) is 3.98. The lowest BCUT2D eigenvalue weighted by atomic mass is 10.0. The van der Waals surface area contributed by atoms with Crippen LogP contribution in [0.5, 0.6) is 0 Å². The first-order valence-electron chi connectivity index (χ1n) is 8.64. The second-order valence-electron chi connectivity index (χ2n) is 6.41.